The quantitative estimate of drug-likeness (QED) is 0.767. The molecule has 3 nitrogen and oxygen atoms in total. The highest BCUT2D eigenvalue weighted by atomic mass is 16.3. The third-order valence-corrected chi connectivity index (χ3v) is 2.62. The number of aliphatic hydroxyl groups excluding tert-OH is 1. The van der Waals surface area contributed by atoms with E-state index >= 15 is 0 Å². The number of hydrogen-bond donors (Lipinski definition) is 2. The van der Waals surface area contributed by atoms with Gasteiger partial charge in [0.25, 0.3) is 0 Å². The minimum absolute atomic E-state index is 0.0860. The van der Waals surface area contributed by atoms with E-state index < -0.39 is 5.60 Å². The van der Waals surface area contributed by atoms with Crippen LogP contribution in [0.3, 0.4) is 0 Å². The molecule has 1 aromatic heterocycles. The molecule has 0 saturated heterocycles. The second-order valence-electron chi connectivity index (χ2n) is 3.41. The molecular weight excluding hydrogens is 178 g/mol. The van der Waals surface area contributed by atoms with Crippen LogP contribution in [0.2, 0.25) is 0 Å². The van der Waals surface area contributed by atoms with Gasteiger partial charge in [0, 0.05) is 0 Å². The van der Waals surface area contributed by atoms with Gasteiger partial charge in [-0.3, -0.25) is 4.98 Å². The Labute approximate surface area is 84.4 Å². The number of aromatic nitrogens is 1. The molecule has 0 aromatic carbocycles. The van der Waals surface area contributed by atoms with E-state index in [1.54, 1.807) is 12.1 Å². The lowest BCUT2D eigenvalue weighted by Crippen LogP contribution is -2.25. The van der Waals surface area contributed by atoms with Gasteiger partial charge in [0.15, 0.2) is 0 Å². The maximum absolute atomic E-state index is 10.2. The van der Waals surface area contributed by atoms with Crippen molar-refractivity contribution in [2.45, 2.75) is 38.9 Å². The maximum Gasteiger partial charge on any atom is 0.106 e. The Morgan fingerprint density at radius 1 is 1.29 bits per heavy atom. The first kappa shape index (κ1) is 11.1. The highest BCUT2D eigenvalue weighted by molar-refractivity contribution is 5.16. The van der Waals surface area contributed by atoms with Gasteiger partial charge in [-0.25, -0.2) is 0 Å². The molecule has 0 atom stereocenters. The summed E-state index contributed by atoms with van der Waals surface area (Å²) in [6.07, 6.45) is 1.26. The lowest BCUT2D eigenvalue weighted by molar-refractivity contribution is 0.0236. The lowest BCUT2D eigenvalue weighted by Gasteiger charge is -2.24. The van der Waals surface area contributed by atoms with Crippen molar-refractivity contribution in [1.29, 1.82) is 0 Å². The Morgan fingerprint density at radius 2 is 1.93 bits per heavy atom. The van der Waals surface area contributed by atoms with Crippen LogP contribution >= 0.6 is 0 Å². The summed E-state index contributed by atoms with van der Waals surface area (Å²) in [5.74, 6) is 0. The van der Waals surface area contributed by atoms with Crippen LogP contribution in [0.15, 0.2) is 18.2 Å². The van der Waals surface area contributed by atoms with Crippen LogP contribution in [0.5, 0.6) is 0 Å². The van der Waals surface area contributed by atoms with Crippen molar-refractivity contribution < 1.29 is 10.2 Å². The van der Waals surface area contributed by atoms with Crippen molar-refractivity contribution in [3.05, 3.63) is 29.6 Å². The van der Waals surface area contributed by atoms with Crippen LogP contribution in [-0.2, 0) is 12.2 Å². The molecule has 2 N–H and O–H groups in total. The number of hydrogen-bond acceptors (Lipinski definition) is 3. The van der Waals surface area contributed by atoms with E-state index in [1.807, 2.05) is 19.9 Å². The van der Waals surface area contributed by atoms with Crippen LogP contribution in [-0.4, -0.2) is 15.2 Å². The molecule has 0 radical (unpaired) electrons. The van der Waals surface area contributed by atoms with Crippen LogP contribution in [0.4, 0.5) is 0 Å². The Balaban J connectivity index is 3.04. The topological polar surface area (TPSA) is 53.4 Å². The highest BCUT2D eigenvalue weighted by Crippen LogP contribution is 2.26. The fourth-order valence-electron chi connectivity index (χ4n) is 1.44. The summed E-state index contributed by atoms with van der Waals surface area (Å²) in [4.78, 5) is 4.20. The van der Waals surface area contributed by atoms with E-state index in [9.17, 15) is 5.11 Å². The smallest absolute Gasteiger partial charge is 0.106 e. The Morgan fingerprint density at radius 3 is 2.43 bits per heavy atom. The van der Waals surface area contributed by atoms with Crippen LogP contribution < -0.4 is 0 Å². The highest BCUT2D eigenvalue weighted by Gasteiger charge is 2.26. The van der Waals surface area contributed by atoms with Crippen molar-refractivity contribution in [3.8, 4) is 0 Å². The summed E-state index contributed by atoms with van der Waals surface area (Å²) in [5, 5.41) is 19.1. The largest absolute Gasteiger partial charge is 0.390 e. The van der Waals surface area contributed by atoms with Crippen molar-refractivity contribution in [2.75, 3.05) is 0 Å². The van der Waals surface area contributed by atoms with Gasteiger partial charge in [0.1, 0.15) is 5.60 Å². The van der Waals surface area contributed by atoms with E-state index in [0.29, 0.717) is 24.2 Å². The normalized spacial score (nSPS) is 11.7. The van der Waals surface area contributed by atoms with Crippen molar-refractivity contribution in [2.24, 2.45) is 0 Å². The molecule has 78 valence electrons. The molecule has 0 amide bonds. The number of rotatable bonds is 4. The van der Waals surface area contributed by atoms with Gasteiger partial charge in [0.2, 0.25) is 0 Å². The third-order valence-electron chi connectivity index (χ3n) is 2.62. The van der Waals surface area contributed by atoms with E-state index in [0.717, 1.165) is 0 Å². The molecule has 0 unspecified atom stereocenters. The average molecular weight is 195 g/mol. The number of aliphatic hydroxyl groups is 2. The second-order valence-corrected chi connectivity index (χ2v) is 3.41. The molecule has 0 fully saturated rings. The number of nitrogens with zero attached hydrogens (tertiary/aromatic N) is 1. The van der Waals surface area contributed by atoms with Gasteiger partial charge in [-0.05, 0) is 25.0 Å². The molecule has 0 spiro atoms. The van der Waals surface area contributed by atoms with Gasteiger partial charge < -0.3 is 10.2 Å². The summed E-state index contributed by atoms with van der Waals surface area (Å²) in [6, 6.07) is 5.35. The molecule has 0 bridgehead atoms. The Hall–Kier alpha value is -0.930. The molecule has 1 aromatic rings. The van der Waals surface area contributed by atoms with E-state index in [1.165, 1.54) is 0 Å². The van der Waals surface area contributed by atoms with Crippen LogP contribution in [0, 0.1) is 0 Å². The first-order valence-corrected chi connectivity index (χ1v) is 4.96. The van der Waals surface area contributed by atoms with E-state index in [2.05, 4.69) is 4.98 Å². The monoisotopic (exact) mass is 195 g/mol. The Bertz CT molecular complexity index is 295. The first-order chi connectivity index (χ1) is 6.66. The number of pyridine rings is 1. The standard InChI is InChI=1S/C11H17NO2/c1-3-11(14,4-2)10-7-5-6-9(8-13)12-10/h5-7,13-14H,3-4,8H2,1-2H3. The zero-order valence-electron chi connectivity index (χ0n) is 8.70. The van der Waals surface area contributed by atoms with Gasteiger partial charge in [-0.1, -0.05) is 19.9 Å². The minimum Gasteiger partial charge on any atom is -0.390 e. The Kier molecular flexibility index (Phi) is 3.61. The van der Waals surface area contributed by atoms with Crippen molar-refractivity contribution >= 4 is 0 Å². The fraction of sp³-hybridized carbons (Fsp3) is 0.545. The molecule has 0 aliphatic carbocycles. The molecule has 1 rings (SSSR count). The molecule has 0 aliphatic heterocycles. The molecule has 0 saturated carbocycles. The first-order valence-electron chi connectivity index (χ1n) is 4.96. The summed E-state index contributed by atoms with van der Waals surface area (Å²) in [6.45, 7) is 3.77. The SMILES string of the molecule is CCC(O)(CC)c1cccc(CO)n1. The summed E-state index contributed by atoms with van der Waals surface area (Å²) in [7, 11) is 0. The fourth-order valence-corrected chi connectivity index (χ4v) is 1.44. The third kappa shape index (κ3) is 2.11. The predicted molar refractivity (Wildman–Crippen MR) is 54.6 cm³/mol. The van der Waals surface area contributed by atoms with Gasteiger partial charge >= 0.3 is 0 Å². The van der Waals surface area contributed by atoms with Crippen molar-refractivity contribution in [1.82, 2.24) is 4.98 Å². The molecule has 1 heterocycles. The minimum atomic E-state index is -0.856. The van der Waals surface area contributed by atoms with Crippen LogP contribution in [0.1, 0.15) is 38.1 Å². The molecular formula is C11H17NO2. The second kappa shape index (κ2) is 4.53. The molecule has 3 heteroatoms. The predicted octanol–water partition coefficient (Wildman–Crippen LogP) is 1.58. The lowest BCUT2D eigenvalue weighted by atomic mass is 9.93. The van der Waals surface area contributed by atoms with Gasteiger partial charge in [-0.2, -0.15) is 0 Å². The average Bonchev–Trinajstić information content (AvgIpc) is 2.28. The molecule has 14 heavy (non-hydrogen) atoms. The molecule has 0 aliphatic rings. The summed E-state index contributed by atoms with van der Waals surface area (Å²) < 4.78 is 0. The summed E-state index contributed by atoms with van der Waals surface area (Å²) >= 11 is 0. The van der Waals surface area contributed by atoms with E-state index in [4.69, 9.17) is 5.11 Å². The van der Waals surface area contributed by atoms with Gasteiger partial charge in [-0.15, -0.1) is 0 Å². The van der Waals surface area contributed by atoms with E-state index in [-0.39, 0.29) is 6.61 Å². The zero-order valence-corrected chi connectivity index (χ0v) is 8.70. The van der Waals surface area contributed by atoms with Crippen molar-refractivity contribution in [3.63, 3.8) is 0 Å². The summed E-state index contributed by atoms with van der Waals surface area (Å²) in [5.41, 5.74) is 0.391. The zero-order chi connectivity index (χ0) is 10.6. The van der Waals surface area contributed by atoms with Crippen LogP contribution in [0.25, 0.3) is 0 Å². The van der Waals surface area contributed by atoms with Gasteiger partial charge in [0.05, 0.1) is 18.0 Å². The maximum atomic E-state index is 10.2.